The number of thioether (sulfide) groups is 1. The summed E-state index contributed by atoms with van der Waals surface area (Å²) in [5.41, 5.74) is 0.724. The molecule has 11 heteroatoms. The van der Waals surface area contributed by atoms with Crippen molar-refractivity contribution in [2.45, 2.75) is 57.2 Å². The van der Waals surface area contributed by atoms with Gasteiger partial charge >= 0.3 is 0 Å². The Morgan fingerprint density at radius 3 is 2.35 bits per heavy atom. The van der Waals surface area contributed by atoms with E-state index in [9.17, 15) is 18.0 Å². The molecule has 1 heterocycles. The molecule has 0 fully saturated rings. The summed E-state index contributed by atoms with van der Waals surface area (Å²) in [6.07, 6.45) is 3.80. The molecule has 0 bridgehead atoms. The number of nitrogens with one attached hydrogen (secondary N) is 2. The third-order valence-corrected chi connectivity index (χ3v) is 7.92. The summed E-state index contributed by atoms with van der Waals surface area (Å²) in [5, 5.41) is 8.94. The highest BCUT2D eigenvalue weighted by atomic mass is 32.2. The molecule has 1 aliphatic rings. The van der Waals surface area contributed by atoms with E-state index in [1.54, 1.807) is 4.90 Å². The van der Waals surface area contributed by atoms with Crippen molar-refractivity contribution in [3.63, 3.8) is 0 Å². The second kappa shape index (κ2) is 13.2. The van der Waals surface area contributed by atoms with Crippen molar-refractivity contribution in [2.75, 3.05) is 32.9 Å². The highest BCUT2D eigenvalue weighted by Crippen LogP contribution is 2.45. The summed E-state index contributed by atoms with van der Waals surface area (Å²) in [7, 11) is 0.00752. The number of amides is 2. The maximum atomic E-state index is 13.2. The van der Waals surface area contributed by atoms with Gasteiger partial charge in [-0.2, -0.15) is 0 Å². The Kier molecular flexibility index (Phi) is 11.0. The molecule has 1 aliphatic heterocycles. The van der Waals surface area contributed by atoms with Gasteiger partial charge in [-0.05, 0) is 44.3 Å². The van der Waals surface area contributed by atoms with Crippen LogP contribution in [-0.4, -0.2) is 68.2 Å². The van der Waals surface area contributed by atoms with Crippen molar-refractivity contribution < 1.29 is 18.0 Å². The van der Waals surface area contributed by atoms with E-state index in [1.807, 2.05) is 58.3 Å². The lowest BCUT2D eigenvalue weighted by atomic mass is 10.1. The van der Waals surface area contributed by atoms with Gasteiger partial charge in [0.1, 0.15) is 0 Å². The van der Waals surface area contributed by atoms with Crippen LogP contribution in [-0.2, 0) is 24.5 Å². The van der Waals surface area contributed by atoms with Gasteiger partial charge < -0.3 is 10.2 Å². The number of benzene rings is 1. The molecule has 0 aromatic heterocycles. The average Bonchev–Trinajstić information content (AvgIpc) is 3.18. The number of sulfonamides is 1. The maximum absolute atomic E-state index is 13.2. The first-order chi connectivity index (χ1) is 16.1. The normalized spacial score (nSPS) is 18.3. The number of rotatable bonds is 13. The van der Waals surface area contributed by atoms with E-state index in [1.165, 1.54) is 16.8 Å². The van der Waals surface area contributed by atoms with Crippen molar-refractivity contribution in [3.05, 3.63) is 35.9 Å². The number of hydrazone groups is 1. The molecule has 9 nitrogen and oxygen atoms in total. The van der Waals surface area contributed by atoms with Crippen LogP contribution in [0.3, 0.4) is 0 Å². The molecule has 190 valence electrons. The van der Waals surface area contributed by atoms with Crippen molar-refractivity contribution in [1.82, 2.24) is 19.9 Å². The maximum Gasteiger partial charge on any atom is 0.244 e. The van der Waals surface area contributed by atoms with Crippen LogP contribution in [0.5, 0.6) is 0 Å². The first-order valence-corrected chi connectivity index (χ1v) is 14.2. The van der Waals surface area contributed by atoms with Crippen LogP contribution in [0.1, 0.15) is 57.9 Å². The van der Waals surface area contributed by atoms with Crippen LogP contribution in [0, 0.1) is 0 Å². The first kappa shape index (κ1) is 28.3. The largest absolute Gasteiger partial charge is 0.308 e. The zero-order valence-corrected chi connectivity index (χ0v) is 22.2. The van der Waals surface area contributed by atoms with E-state index in [4.69, 9.17) is 0 Å². The fourth-order valence-corrected chi connectivity index (χ4v) is 5.84. The lowest BCUT2D eigenvalue weighted by Crippen LogP contribution is -2.50. The van der Waals surface area contributed by atoms with Crippen LogP contribution in [0.2, 0.25) is 0 Å². The Hall–Kier alpha value is -1.95. The van der Waals surface area contributed by atoms with Crippen LogP contribution in [0.25, 0.3) is 0 Å². The highest BCUT2D eigenvalue weighted by molar-refractivity contribution is 8.14. The second-order valence-corrected chi connectivity index (χ2v) is 11.8. The fraction of sp³-hybridized carbons (Fsp3) is 0.609. The van der Waals surface area contributed by atoms with Gasteiger partial charge in [-0.1, -0.05) is 57.0 Å². The van der Waals surface area contributed by atoms with Crippen molar-refractivity contribution in [3.8, 4) is 0 Å². The molecule has 0 saturated heterocycles. The zero-order valence-electron chi connectivity index (χ0n) is 20.5. The summed E-state index contributed by atoms with van der Waals surface area (Å²) < 4.78 is 28.2. The van der Waals surface area contributed by atoms with Crippen LogP contribution in [0.15, 0.2) is 35.4 Å². The Morgan fingerprint density at radius 1 is 1.09 bits per heavy atom. The van der Waals surface area contributed by atoms with Crippen molar-refractivity contribution in [2.24, 2.45) is 5.10 Å². The molecule has 2 amide bonds. The predicted molar refractivity (Wildman–Crippen MR) is 138 cm³/mol. The molecule has 2 rings (SSSR count). The number of nitrogens with zero attached hydrogens (tertiary/aromatic N) is 3. The lowest BCUT2D eigenvalue weighted by Gasteiger charge is -2.35. The minimum Gasteiger partial charge on any atom is -0.308 e. The first-order valence-electron chi connectivity index (χ1n) is 11.7. The number of hydrogen-bond acceptors (Lipinski definition) is 7. The van der Waals surface area contributed by atoms with E-state index >= 15 is 0 Å². The molecule has 0 spiro atoms. The monoisotopic (exact) mass is 511 g/mol. The Labute approximate surface area is 207 Å². The van der Waals surface area contributed by atoms with E-state index in [-0.39, 0.29) is 30.5 Å². The lowest BCUT2D eigenvalue weighted by molar-refractivity contribution is -0.134. The molecule has 1 aromatic rings. The number of carbonyl (C=O) groups is 2. The fourth-order valence-electron chi connectivity index (χ4n) is 3.33. The molecule has 2 N–H and O–H groups in total. The summed E-state index contributed by atoms with van der Waals surface area (Å²) in [5.74, 6) is -0.464. The third kappa shape index (κ3) is 8.07. The summed E-state index contributed by atoms with van der Waals surface area (Å²) in [6, 6.07) is 9.22. The topological polar surface area (TPSA) is 111 Å². The van der Waals surface area contributed by atoms with Crippen LogP contribution < -0.4 is 10.0 Å². The van der Waals surface area contributed by atoms with Crippen molar-refractivity contribution in [1.29, 1.82) is 0 Å². The minimum atomic E-state index is -3.61. The molecule has 0 saturated carbocycles. The molecule has 1 aromatic carbocycles. The quantitative estimate of drug-likeness (QED) is 0.421. The highest BCUT2D eigenvalue weighted by Gasteiger charge is 2.49. The zero-order chi connectivity index (χ0) is 25.2. The Bertz CT molecular complexity index is 953. The molecule has 1 atom stereocenters. The van der Waals surface area contributed by atoms with Crippen LogP contribution >= 0.6 is 11.8 Å². The van der Waals surface area contributed by atoms with E-state index in [2.05, 4.69) is 15.1 Å². The molecule has 0 aliphatic carbocycles. The number of carbonyl (C=O) groups excluding carboxylic acids is 2. The van der Waals surface area contributed by atoms with Crippen LogP contribution in [0.4, 0.5) is 0 Å². The van der Waals surface area contributed by atoms with Gasteiger partial charge in [-0.3, -0.25) is 9.59 Å². The van der Waals surface area contributed by atoms with Gasteiger partial charge in [0, 0.05) is 19.4 Å². The standard InChI is InChI=1S/C23H37N5O4S2/c1-5-7-14-20(29)25-22-26-28(21(30)15-8-6-2)23(33-22,19-12-10-9-11-13-19)18-24-34(31,32)17-16-27(3)4/h9-13,24H,5-8,14-18H2,1-4H3,(H,25,26,29). The van der Waals surface area contributed by atoms with Gasteiger partial charge in [0.2, 0.25) is 21.8 Å². The van der Waals surface area contributed by atoms with Gasteiger partial charge in [0.15, 0.2) is 10.0 Å². The van der Waals surface area contributed by atoms with E-state index in [0.717, 1.165) is 24.8 Å². The number of amidine groups is 1. The summed E-state index contributed by atoms with van der Waals surface area (Å²) in [6.45, 7) is 4.30. The number of unbranched alkanes of at least 4 members (excludes halogenated alkanes) is 2. The van der Waals surface area contributed by atoms with Gasteiger partial charge in [0.25, 0.3) is 0 Å². The van der Waals surface area contributed by atoms with Gasteiger partial charge in [-0.25, -0.2) is 18.1 Å². The average molecular weight is 512 g/mol. The molecule has 34 heavy (non-hydrogen) atoms. The van der Waals surface area contributed by atoms with Gasteiger partial charge in [-0.15, -0.1) is 5.10 Å². The molecular weight excluding hydrogens is 474 g/mol. The minimum absolute atomic E-state index is 0.0687. The second-order valence-electron chi connectivity index (χ2n) is 8.56. The molecular formula is C23H37N5O4S2. The predicted octanol–water partition coefficient (Wildman–Crippen LogP) is 2.66. The SMILES string of the molecule is CCCCC(=O)NC1=NN(C(=O)CCCC)C(CNS(=O)(=O)CCN(C)C)(c2ccccc2)S1. The Morgan fingerprint density at radius 2 is 1.74 bits per heavy atom. The van der Waals surface area contributed by atoms with E-state index < -0.39 is 14.9 Å². The van der Waals surface area contributed by atoms with E-state index in [0.29, 0.717) is 24.6 Å². The summed E-state index contributed by atoms with van der Waals surface area (Å²) >= 11 is 1.19. The van der Waals surface area contributed by atoms with Crippen molar-refractivity contribution >= 4 is 38.8 Å². The molecule has 0 radical (unpaired) electrons. The molecule has 1 unspecified atom stereocenters. The Balaban J connectivity index is 2.39. The smallest absolute Gasteiger partial charge is 0.244 e. The van der Waals surface area contributed by atoms with Gasteiger partial charge in [0.05, 0.1) is 12.3 Å². The number of hydrogen-bond donors (Lipinski definition) is 2. The summed E-state index contributed by atoms with van der Waals surface area (Å²) in [4.78, 5) is 26.3. The third-order valence-electron chi connectivity index (χ3n) is 5.35.